The van der Waals surface area contributed by atoms with Gasteiger partial charge in [-0.2, -0.15) is 5.10 Å². The van der Waals surface area contributed by atoms with Gasteiger partial charge in [0.15, 0.2) is 0 Å². The summed E-state index contributed by atoms with van der Waals surface area (Å²) in [6.07, 6.45) is 3.41. The van der Waals surface area contributed by atoms with Crippen LogP contribution in [0.15, 0.2) is 30.5 Å². The normalized spacial score (nSPS) is 17.6. The predicted octanol–water partition coefficient (Wildman–Crippen LogP) is 2.84. The van der Waals surface area contributed by atoms with Gasteiger partial charge in [0.05, 0.1) is 6.20 Å². The van der Waals surface area contributed by atoms with Crippen molar-refractivity contribution in [2.75, 3.05) is 13.1 Å². The van der Waals surface area contributed by atoms with Gasteiger partial charge in [-0.3, -0.25) is 14.7 Å². The van der Waals surface area contributed by atoms with E-state index in [9.17, 15) is 14.0 Å². The second-order valence-electron chi connectivity index (χ2n) is 8.00. The van der Waals surface area contributed by atoms with E-state index in [0.717, 1.165) is 29.7 Å². The van der Waals surface area contributed by atoms with E-state index in [4.69, 9.17) is 0 Å². The number of nitrogens with zero attached hydrogens (tertiary/aromatic N) is 2. The summed E-state index contributed by atoms with van der Waals surface area (Å²) in [4.78, 5) is 26.3. The van der Waals surface area contributed by atoms with Crippen LogP contribution in [0.5, 0.6) is 0 Å². The third-order valence-corrected chi connectivity index (χ3v) is 4.62. The fraction of sp³-hybridized carbons (Fsp3) is 0.450. The molecule has 1 aliphatic rings. The molecule has 27 heavy (non-hydrogen) atoms. The molecular formula is C20H25FN4O2. The summed E-state index contributed by atoms with van der Waals surface area (Å²) in [5, 5.41) is 9.90. The van der Waals surface area contributed by atoms with Crippen LogP contribution in [0.1, 0.15) is 45.2 Å². The van der Waals surface area contributed by atoms with Crippen LogP contribution in [-0.4, -0.2) is 45.5 Å². The molecule has 1 fully saturated rings. The molecule has 7 heteroatoms. The largest absolute Gasteiger partial charge is 0.343 e. The number of likely N-dealkylation sites (tertiary alicyclic amines) is 1. The van der Waals surface area contributed by atoms with Crippen LogP contribution in [0.3, 0.4) is 0 Å². The van der Waals surface area contributed by atoms with Gasteiger partial charge in [0.25, 0.3) is 0 Å². The molecule has 1 aromatic heterocycles. The monoisotopic (exact) mass is 372 g/mol. The highest BCUT2D eigenvalue weighted by Gasteiger charge is 2.31. The van der Waals surface area contributed by atoms with Gasteiger partial charge in [-0.05, 0) is 51.3 Å². The van der Waals surface area contributed by atoms with Crippen molar-refractivity contribution in [2.45, 2.75) is 45.1 Å². The molecule has 0 spiro atoms. The molecule has 144 valence electrons. The first-order valence-corrected chi connectivity index (χ1v) is 9.15. The van der Waals surface area contributed by atoms with Crippen molar-refractivity contribution in [1.29, 1.82) is 0 Å². The molecule has 1 aliphatic heterocycles. The lowest BCUT2D eigenvalue weighted by molar-refractivity contribution is -0.147. The molecule has 1 saturated heterocycles. The van der Waals surface area contributed by atoms with E-state index in [1.165, 1.54) is 12.1 Å². The van der Waals surface area contributed by atoms with Gasteiger partial charge < -0.3 is 10.2 Å². The number of benzene rings is 1. The Morgan fingerprint density at radius 3 is 2.63 bits per heavy atom. The molecule has 0 aliphatic carbocycles. The van der Waals surface area contributed by atoms with Crippen LogP contribution in [0, 0.1) is 5.82 Å². The number of rotatable bonds is 2. The molecule has 0 unspecified atom stereocenters. The molecule has 1 aromatic carbocycles. The van der Waals surface area contributed by atoms with Crippen LogP contribution in [-0.2, 0) is 9.59 Å². The minimum atomic E-state index is -0.577. The topological polar surface area (TPSA) is 78.1 Å². The smallest absolute Gasteiger partial charge is 0.311 e. The molecule has 0 bridgehead atoms. The Morgan fingerprint density at radius 2 is 1.96 bits per heavy atom. The Morgan fingerprint density at radius 1 is 1.26 bits per heavy atom. The van der Waals surface area contributed by atoms with Crippen molar-refractivity contribution in [3.8, 4) is 11.1 Å². The number of nitrogens with one attached hydrogen (secondary N) is 2. The summed E-state index contributed by atoms with van der Waals surface area (Å²) in [5.41, 5.74) is 2.22. The second kappa shape index (κ2) is 7.50. The van der Waals surface area contributed by atoms with E-state index in [1.54, 1.807) is 23.2 Å². The SMILES string of the molecule is CC(C)(C)NC(=O)C(=O)N1CCC[C@@H](c2[nH]ncc2-c2ccc(F)cc2)C1. The highest BCUT2D eigenvalue weighted by Crippen LogP contribution is 2.33. The maximum absolute atomic E-state index is 13.2. The first-order chi connectivity index (χ1) is 12.7. The number of aromatic nitrogens is 2. The first-order valence-electron chi connectivity index (χ1n) is 9.15. The minimum absolute atomic E-state index is 0.0488. The molecule has 6 nitrogen and oxygen atoms in total. The number of amides is 2. The Balaban J connectivity index is 1.76. The molecule has 2 N–H and O–H groups in total. The molecule has 2 heterocycles. The number of halogens is 1. The highest BCUT2D eigenvalue weighted by molar-refractivity contribution is 6.35. The van der Waals surface area contributed by atoms with E-state index in [2.05, 4.69) is 15.5 Å². The fourth-order valence-electron chi connectivity index (χ4n) is 3.40. The quantitative estimate of drug-likeness (QED) is 0.796. The first kappa shape index (κ1) is 19.1. The number of hydrogen-bond donors (Lipinski definition) is 2. The van der Waals surface area contributed by atoms with Crippen molar-refractivity contribution < 1.29 is 14.0 Å². The third kappa shape index (κ3) is 4.53. The van der Waals surface area contributed by atoms with E-state index in [-0.39, 0.29) is 11.7 Å². The van der Waals surface area contributed by atoms with Crippen LogP contribution < -0.4 is 5.32 Å². The average Bonchev–Trinajstić information content (AvgIpc) is 3.10. The maximum Gasteiger partial charge on any atom is 0.311 e. The van der Waals surface area contributed by atoms with E-state index >= 15 is 0 Å². The Kier molecular flexibility index (Phi) is 5.30. The Hall–Kier alpha value is -2.70. The molecule has 1 atom stereocenters. The third-order valence-electron chi connectivity index (χ3n) is 4.62. The Labute approximate surface area is 158 Å². The average molecular weight is 372 g/mol. The number of piperidine rings is 1. The minimum Gasteiger partial charge on any atom is -0.343 e. The number of H-pyrrole nitrogens is 1. The van der Waals surface area contributed by atoms with Gasteiger partial charge in [-0.15, -0.1) is 0 Å². The summed E-state index contributed by atoms with van der Waals surface area (Å²) in [7, 11) is 0. The summed E-state index contributed by atoms with van der Waals surface area (Å²) in [6.45, 7) is 6.55. The van der Waals surface area contributed by atoms with E-state index in [0.29, 0.717) is 13.1 Å². The van der Waals surface area contributed by atoms with E-state index in [1.807, 2.05) is 20.8 Å². The summed E-state index contributed by atoms with van der Waals surface area (Å²) >= 11 is 0. The van der Waals surface area contributed by atoms with Crippen molar-refractivity contribution in [3.63, 3.8) is 0 Å². The van der Waals surface area contributed by atoms with Gasteiger partial charge >= 0.3 is 11.8 Å². The van der Waals surface area contributed by atoms with Gasteiger partial charge in [0.2, 0.25) is 0 Å². The summed E-state index contributed by atoms with van der Waals surface area (Å²) in [6, 6.07) is 6.26. The van der Waals surface area contributed by atoms with Crippen molar-refractivity contribution in [1.82, 2.24) is 20.4 Å². The zero-order valence-electron chi connectivity index (χ0n) is 15.9. The van der Waals surface area contributed by atoms with Crippen molar-refractivity contribution in [2.24, 2.45) is 0 Å². The van der Waals surface area contributed by atoms with Gasteiger partial charge in [-0.25, -0.2) is 4.39 Å². The standard InChI is InChI=1S/C20H25FN4O2/c1-20(2,3)23-18(26)19(27)25-10-4-5-14(12-25)17-16(11-22-24-17)13-6-8-15(21)9-7-13/h6-9,11,14H,4-5,10,12H2,1-3H3,(H,22,24)(H,23,26)/t14-/m1/s1. The maximum atomic E-state index is 13.2. The summed E-state index contributed by atoms with van der Waals surface area (Å²) < 4.78 is 13.2. The number of hydrogen-bond acceptors (Lipinski definition) is 3. The number of carbonyl (C=O) groups is 2. The molecular weight excluding hydrogens is 347 g/mol. The number of aromatic amines is 1. The molecule has 0 saturated carbocycles. The second-order valence-corrected chi connectivity index (χ2v) is 8.00. The lowest BCUT2D eigenvalue weighted by Gasteiger charge is -2.33. The van der Waals surface area contributed by atoms with Crippen LogP contribution in [0.25, 0.3) is 11.1 Å². The summed E-state index contributed by atoms with van der Waals surface area (Å²) in [5.74, 6) is -1.32. The van der Waals surface area contributed by atoms with Gasteiger partial charge in [-0.1, -0.05) is 12.1 Å². The van der Waals surface area contributed by atoms with Crippen molar-refractivity contribution >= 4 is 11.8 Å². The highest BCUT2D eigenvalue weighted by atomic mass is 19.1. The lowest BCUT2D eigenvalue weighted by Crippen LogP contribution is -2.51. The van der Waals surface area contributed by atoms with Crippen LogP contribution >= 0.6 is 0 Å². The fourth-order valence-corrected chi connectivity index (χ4v) is 3.40. The van der Waals surface area contributed by atoms with E-state index < -0.39 is 17.4 Å². The van der Waals surface area contributed by atoms with Crippen molar-refractivity contribution in [3.05, 3.63) is 42.0 Å². The zero-order chi connectivity index (χ0) is 19.6. The van der Waals surface area contributed by atoms with Gasteiger partial charge in [0.1, 0.15) is 5.82 Å². The van der Waals surface area contributed by atoms with Crippen LogP contribution in [0.2, 0.25) is 0 Å². The molecule has 0 radical (unpaired) electrons. The zero-order valence-corrected chi connectivity index (χ0v) is 15.9. The Bertz CT molecular complexity index is 823. The predicted molar refractivity (Wildman–Crippen MR) is 100 cm³/mol. The number of carbonyl (C=O) groups excluding carboxylic acids is 2. The molecule has 3 rings (SSSR count). The lowest BCUT2D eigenvalue weighted by atomic mass is 9.90. The molecule has 2 amide bonds. The van der Waals surface area contributed by atoms with Crippen LogP contribution in [0.4, 0.5) is 4.39 Å². The molecule has 2 aromatic rings. The van der Waals surface area contributed by atoms with Gasteiger partial charge in [0, 0.05) is 35.8 Å².